The second-order valence-electron chi connectivity index (χ2n) is 5.52. The Bertz CT molecular complexity index is 772. The lowest BCUT2D eigenvalue weighted by Gasteiger charge is -2.10. The number of rotatable bonds is 7. The van der Waals surface area contributed by atoms with Gasteiger partial charge in [0.25, 0.3) is 5.91 Å². The predicted octanol–water partition coefficient (Wildman–Crippen LogP) is 2.96. The van der Waals surface area contributed by atoms with Crippen molar-refractivity contribution in [2.24, 2.45) is 5.10 Å². The van der Waals surface area contributed by atoms with Gasteiger partial charge in [0, 0.05) is 11.3 Å². The Morgan fingerprint density at radius 1 is 1.08 bits per heavy atom. The van der Waals surface area contributed by atoms with Crippen molar-refractivity contribution in [3.05, 3.63) is 53.6 Å². The molecule has 25 heavy (non-hydrogen) atoms. The van der Waals surface area contributed by atoms with Crippen molar-refractivity contribution in [3.8, 4) is 11.5 Å². The molecule has 6 heteroatoms. The molecular formula is C19H23N3O3. The summed E-state index contributed by atoms with van der Waals surface area (Å²) < 4.78 is 10.5. The molecule has 2 rings (SSSR count). The highest BCUT2D eigenvalue weighted by Gasteiger charge is 2.07. The molecule has 0 aliphatic heterocycles. The van der Waals surface area contributed by atoms with Crippen LogP contribution in [0.1, 0.15) is 18.1 Å². The van der Waals surface area contributed by atoms with Gasteiger partial charge in [-0.25, -0.2) is 5.43 Å². The van der Waals surface area contributed by atoms with E-state index in [1.165, 1.54) is 0 Å². The fraction of sp³-hybridized carbons (Fsp3) is 0.263. The first-order chi connectivity index (χ1) is 12.0. The van der Waals surface area contributed by atoms with Crippen LogP contribution in [0.25, 0.3) is 0 Å². The third kappa shape index (κ3) is 5.24. The summed E-state index contributed by atoms with van der Waals surface area (Å²) in [5, 5.41) is 7.20. The lowest BCUT2D eigenvalue weighted by Crippen LogP contribution is -2.26. The van der Waals surface area contributed by atoms with Gasteiger partial charge in [-0.1, -0.05) is 12.1 Å². The fourth-order valence-corrected chi connectivity index (χ4v) is 2.25. The molecule has 2 aromatic rings. The molecule has 0 spiro atoms. The lowest BCUT2D eigenvalue weighted by atomic mass is 10.1. The average Bonchev–Trinajstić information content (AvgIpc) is 2.63. The molecule has 0 saturated heterocycles. The van der Waals surface area contributed by atoms with E-state index in [-0.39, 0.29) is 12.5 Å². The smallest absolute Gasteiger partial charge is 0.259 e. The molecule has 0 aromatic heterocycles. The van der Waals surface area contributed by atoms with Crippen LogP contribution in [0.2, 0.25) is 0 Å². The minimum Gasteiger partial charge on any atom is -0.493 e. The first kappa shape index (κ1) is 18.3. The Morgan fingerprint density at radius 2 is 1.84 bits per heavy atom. The largest absolute Gasteiger partial charge is 0.493 e. The van der Waals surface area contributed by atoms with Crippen molar-refractivity contribution < 1.29 is 14.3 Å². The van der Waals surface area contributed by atoms with Crippen molar-refractivity contribution in [2.45, 2.75) is 13.8 Å². The van der Waals surface area contributed by atoms with E-state index in [2.05, 4.69) is 15.8 Å². The van der Waals surface area contributed by atoms with E-state index in [0.717, 1.165) is 16.8 Å². The molecule has 0 unspecified atom stereocenters. The molecule has 0 radical (unpaired) electrons. The van der Waals surface area contributed by atoms with Crippen LogP contribution >= 0.6 is 0 Å². The molecule has 0 atom stereocenters. The number of nitrogens with zero attached hydrogens (tertiary/aromatic N) is 1. The molecule has 0 aliphatic rings. The molecule has 0 heterocycles. The molecular weight excluding hydrogens is 318 g/mol. The Kier molecular flexibility index (Phi) is 6.39. The third-order valence-corrected chi connectivity index (χ3v) is 3.62. The summed E-state index contributed by atoms with van der Waals surface area (Å²) in [7, 11) is 3.16. The maximum Gasteiger partial charge on any atom is 0.259 e. The number of benzene rings is 2. The van der Waals surface area contributed by atoms with Crippen LogP contribution in [0, 0.1) is 6.92 Å². The van der Waals surface area contributed by atoms with Gasteiger partial charge in [-0.15, -0.1) is 0 Å². The van der Waals surface area contributed by atoms with Gasteiger partial charge in [0.2, 0.25) is 0 Å². The first-order valence-corrected chi connectivity index (χ1v) is 7.89. The van der Waals surface area contributed by atoms with Gasteiger partial charge in [0.05, 0.1) is 26.5 Å². The normalized spacial score (nSPS) is 11.0. The number of carbonyl (C=O) groups excluding carboxylic acids is 1. The molecule has 0 saturated carbocycles. The van der Waals surface area contributed by atoms with Crippen LogP contribution < -0.4 is 20.2 Å². The zero-order valence-corrected chi connectivity index (χ0v) is 14.9. The molecule has 2 N–H and O–H groups in total. The SMILES string of the molecule is COc1ccc(C(C)=NNC(=O)CNc2cccc(C)c2)cc1OC. The van der Waals surface area contributed by atoms with E-state index in [4.69, 9.17) is 9.47 Å². The van der Waals surface area contributed by atoms with Crippen LogP contribution in [-0.2, 0) is 4.79 Å². The molecule has 2 aromatic carbocycles. The zero-order chi connectivity index (χ0) is 18.2. The zero-order valence-electron chi connectivity index (χ0n) is 14.9. The lowest BCUT2D eigenvalue weighted by molar-refractivity contribution is -0.119. The summed E-state index contributed by atoms with van der Waals surface area (Å²) in [6.07, 6.45) is 0. The number of anilines is 1. The highest BCUT2D eigenvalue weighted by Crippen LogP contribution is 2.27. The monoisotopic (exact) mass is 341 g/mol. The number of methoxy groups -OCH3 is 2. The summed E-state index contributed by atoms with van der Waals surface area (Å²) >= 11 is 0. The predicted molar refractivity (Wildman–Crippen MR) is 99.6 cm³/mol. The van der Waals surface area contributed by atoms with Gasteiger partial charge >= 0.3 is 0 Å². The molecule has 0 fully saturated rings. The van der Waals surface area contributed by atoms with Crippen LogP contribution in [-0.4, -0.2) is 32.4 Å². The number of ether oxygens (including phenoxy) is 2. The Labute approximate surface area is 147 Å². The second-order valence-corrected chi connectivity index (χ2v) is 5.52. The number of nitrogens with one attached hydrogen (secondary N) is 2. The standard InChI is InChI=1S/C19H23N3O3/c1-13-6-5-7-16(10-13)20-12-19(23)22-21-14(2)15-8-9-17(24-3)18(11-15)25-4/h5-11,20H,12H2,1-4H3,(H,22,23). The van der Waals surface area contributed by atoms with E-state index >= 15 is 0 Å². The number of hydrogen-bond donors (Lipinski definition) is 2. The third-order valence-electron chi connectivity index (χ3n) is 3.62. The number of hydrogen-bond acceptors (Lipinski definition) is 5. The minimum absolute atomic E-state index is 0.145. The summed E-state index contributed by atoms with van der Waals surface area (Å²) in [4.78, 5) is 11.9. The maximum absolute atomic E-state index is 11.9. The highest BCUT2D eigenvalue weighted by molar-refractivity contribution is 5.99. The molecule has 0 aliphatic carbocycles. The van der Waals surface area contributed by atoms with Gasteiger partial charge in [-0.3, -0.25) is 4.79 Å². The summed E-state index contributed by atoms with van der Waals surface area (Å²) in [6.45, 7) is 3.96. The number of hydrazone groups is 1. The molecule has 0 bridgehead atoms. The van der Waals surface area contributed by atoms with Crippen LogP contribution in [0.4, 0.5) is 5.69 Å². The average molecular weight is 341 g/mol. The fourth-order valence-electron chi connectivity index (χ4n) is 2.25. The van der Waals surface area contributed by atoms with Crippen molar-refractivity contribution in [1.29, 1.82) is 0 Å². The Hall–Kier alpha value is -3.02. The summed E-state index contributed by atoms with van der Waals surface area (Å²) in [6, 6.07) is 13.3. The quantitative estimate of drug-likeness (QED) is 0.600. The van der Waals surface area contributed by atoms with Gasteiger partial charge in [0.1, 0.15) is 0 Å². The summed E-state index contributed by atoms with van der Waals surface area (Å²) in [5.41, 5.74) is 6.09. The number of amides is 1. The first-order valence-electron chi connectivity index (χ1n) is 7.89. The van der Waals surface area contributed by atoms with Crippen molar-refractivity contribution in [3.63, 3.8) is 0 Å². The molecule has 6 nitrogen and oxygen atoms in total. The van der Waals surface area contributed by atoms with Crippen LogP contribution in [0.15, 0.2) is 47.6 Å². The maximum atomic E-state index is 11.9. The van der Waals surface area contributed by atoms with Crippen molar-refractivity contribution in [2.75, 3.05) is 26.1 Å². The Morgan fingerprint density at radius 3 is 2.52 bits per heavy atom. The summed E-state index contributed by atoms with van der Waals surface area (Å²) in [5.74, 6) is 1.04. The van der Waals surface area contributed by atoms with Gasteiger partial charge < -0.3 is 14.8 Å². The second kappa shape index (κ2) is 8.73. The van der Waals surface area contributed by atoms with Crippen LogP contribution in [0.3, 0.4) is 0 Å². The van der Waals surface area contributed by atoms with Crippen molar-refractivity contribution >= 4 is 17.3 Å². The van der Waals surface area contributed by atoms with Gasteiger partial charge in [-0.05, 0) is 49.7 Å². The number of carbonyl (C=O) groups is 1. The van der Waals surface area contributed by atoms with E-state index in [0.29, 0.717) is 17.2 Å². The topological polar surface area (TPSA) is 72.0 Å². The van der Waals surface area contributed by atoms with E-state index in [1.54, 1.807) is 20.3 Å². The van der Waals surface area contributed by atoms with Crippen LogP contribution in [0.5, 0.6) is 11.5 Å². The minimum atomic E-state index is -0.221. The van der Waals surface area contributed by atoms with E-state index in [9.17, 15) is 4.79 Å². The molecule has 132 valence electrons. The molecule has 1 amide bonds. The number of aryl methyl sites for hydroxylation is 1. The Balaban J connectivity index is 1.95. The highest BCUT2D eigenvalue weighted by atomic mass is 16.5. The van der Waals surface area contributed by atoms with E-state index in [1.807, 2.05) is 50.2 Å². The van der Waals surface area contributed by atoms with Gasteiger partial charge in [0.15, 0.2) is 11.5 Å². The van der Waals surface area contributed by atoms with Crippen molar-refractivity contribution in [1.82, 2.24) is 5.43 Å². The van der Waals surface area contributed by atoms with E-state index < -0.39 is 0 Å². The van der Waals surface area contributed by atoms with Gasteiger partial charge in [-0.2, -0.15) is 5.10 Å².